The molecule has 8 heteroatoms. The van der Waals surface area contributed by atoms with Crippen LogP contribution in [0.5, 0.6) is 0 Å². The average Bonchev–Trinajstić information content (AvgIpc) is 2.55. The Balaban J connectivity index is 2.66. The van der Waals surface area contributed by atoms with Crippen molar-refractivity contribution >= 4 is 40.8 Å². The zero-order valence-electron chi connectivity index (χ0n) is 14.5. The Hall–Kier alpha value is -1.84. The minimum Gasteiger partial charge on any atom is -0.459 e. The van der Waals surface area contributed by atoms with E-state index in [0.717, 1.165) is 5.56 Å². The van der Waals surface area contributed by atoms with E-state index < -0.39 is 23.7 Å². The van der Waals surface area contributed by atoms with Crippen LogP contribution in [0.3, 0.4) is 0 Å². The molecule has 0 aliphatic carbocycles. The van der Waals surface area contributed by atoms with Crippen LogP contribution in [-0.4, -0.2) is 29.6 Å². The van der Waals surface area contributed by atoms with Gasteiger partial charge in [0.15, 0.2) is 0 Å². The van der Waals surface area contributed by atoms with Crippen LogP contribution in [0.4, 0.5) is 4.79 Å². The maximum Gasteiger partial charge on any atom is 0.408 e. The van der Waals surface area contributed by atoms with Gasteiger partial charge in [-0.2, -0.15) is 0 Å². The molecule has 0 aromatic heterocycles. The molecule has 0 aliphatic heterocycles. The Morgan fingerprint density at radius 1 is 1.16 bits per heavy atom. The second-order valence-electron chi connectivity index (χ2n) is 6.35. The molecule has 1 aromatic carbocycles. The number of carbonyl (C=O) groups excluding carboxylic acids is 3. The highest BCUT2D eigenvalue weighted by atomic mass is 127. The van der Waals surface area contributed by atoms with Gasteiger partial charge in [-0.25, -0.2) is 9.59 Å². The van der Waals surface area contributed by atoms with Gasteiger partial charge in [-0.3, -0.25) is 8.32 Å². The molecule has 0 saturated heterocycles. The minimum absolute atomic E-state index is 0.0733. The summed E-state index contributed by atoms with van der Waals surface area (Å²) >= 11 is 1.72. The molecule has 0 spiro atoms. The van der Waals surface area contributed by atoms with E-state index in [0.29, 0.717) is 0 Å². The lowest BCUT2D eigenvalue weighted by molar-refractivity contribution is -0.147. The van der Waals surface area contributed by atoms with E-state index in [-0.39, 0.29) is 25.4 Å². The van der Waals surface area contributed by atoms with Crippen LogP contribution in [0.25, 0.3) is 0 Å². The summed E-state index contributed by atoms with van der Waals surface area (Å²) in [4.78, 5) is 35.6. The molecule has 2 amide bonds. The third-order valence-electron chi connectivity index (χ3n) is 2.96. The van der Waals surface area contributed by atoms with Crippen molar-refractivity contribution in [2.24, 2.45) is 0 Å². The summed E-state index contributed by atoms with van der Waals surface area (Å²) in [5.41, 5.74) is 0.138. The summed E-state index contributed by atoms with van der Waals surface area (Å²) < 4.78 is 12.8. The second kappa shape index (κ2) is 10.2. The topological polar surface area (TPSA) is 93.7 Å². The van der Waals surface area contributed by atoms with Crippen molar-refractivity contribution in [3.8, 4) is 0 Å². The Morgan fingerprint density at radius 2 is 1.80 bits per heavy atom. The van der Waals surface area contributed by atoms with E-state index in [1.54, 1.807) is 43.6 Å². The number of ether oxygens (including phenoxy) is 2. The van der Waals surface area contributed by atoms with Gasteiger partial charge in [0.2, 0.25) is 5.91 Å². The fraction of sp³-hybridized carbons (Fsp3) is 0.471. The number of esters is 1. The van der Waals surface area contributed by atoms with Gasteiger partial charge in [-0.05, 0) is 32.8 Å². The van der Waals surface area contributed by atoms with Gasteiger partial charge in [0.25, 0.3) is 0 Å². The largest absolute Gasteiger partial charge is 0.459 e. The number of hydrogen-bond acceptors (Lipinski definition) is 5. The molecule has 0 fully saturated rings. The fourth-order valence-electron chi connectivity index (χ4n) is 1.85. The van der Waals surface area contributed by atoms with E-state index in [2.05, 4.69) is 8.85 Å². The average molecular weight is 462 g/mol. The maximum absolute atomic E-state index is 12.3. The highest BCUT2D eigenvalue weighted by Gasteiger charge is 2.26. The Bertz CT molecular complexity index is 586. The first-order valence-electron chi connectivity index (χ1n) is 7.81. The van der Waals surface area contributed by atoms with Crippen LogP contribution < -0.4 is 8.85 Å². The van der Waals surface area contributed by atoms with Crippen LogP contribution >= 0.6 is 22.9 Å². The van der Waals surface area contributed by atoms with Gasteiger partial charge >= 0.3 is 12.1 Å². The lowest BCUT2D eigenvalue weighted by Crippen LogP contribution is -2.44. The summed E-state index contributed by atoms with van der Waals surface area (Å²) in [5.74, 6) is -0.858. The van der Waals surface area contributed by atoms with Gasteiger partial charge in [-0.15, -0.1) is 0 Å². The number of alkyl carbamates (subject to hydrolysis) is 1. The van der Waals surface area contributed by atoms with E-state index in [1.807, 2.05) is 30.3 Å². The number of nitrogens with one attached hydrogen (secondary N) is 2. The standard InChI is InChI=1S/C17H23IN2O5/c1-17(2,3)25-16(23)19-13(9-10-14(21)20-18)15(22)24-11-12-7-5-4-6-8-12/h4-8,13H,9-11H2,1-3H3,(H,19,23)(H,20,21)/t13-/m0/s1. The third kappa shape index (κ3) is 9.28. The molecule has 2 N–H and O–H groups in total. The van der Waals surface area contributed by atoms with Crippen LogP contribution in [0.15, 0.2) is 30.3 Å². The van der Waals surface area contributed by atoms with Gasteiger partial charge in [0, 0.05) is 6.42 Å². The molecule has 0 aliphatic rings. The highest BCUT2D eigenvalue weighted by molar-refractivity contribution is 14.1. The molecule has 0 heterocycles. The molecular formula is C17H23IN2O5. The van der Waals surface area contributed by atoms with Crippen molar-refractivity contribution in [3.05, 3.63) is 35.9 Å². The highest BCUT2D eigenvalue weighted by Crippen LogP contribution is 2.09. The molecule has 0 saturated carbocycles. The smallest absolute Gasteiger partial charge is 0.408 e. The summed E-state index contributed by atoms with van der Waals surface area (Å²) in [5, 5.41) is 2.47. The lowest BCUT2D eigenvalue weighted by Gasteiger charge is -2.22. The van der Waals surface area contributed by atoms with E-state index >= 15 is 0 Å². The fourth-order valence-corrected chi connectivity index (χ4v) is 2.12. The van der Waals surface area contributed by atoms with Crippen molar-refractivity contribution in [2.45, 2.75) is 51.9 Å². The van der Waals surface area contributed by atoms with Crippen molar-refractivity contribution < 1.29 is 23.9 Å². The predicted molar refractivity (Wildman–Crippen MR) is 101 cm³/mol. The van der Waals surface area contributed by atoms with Gasteiger partial charge in [-0.1, -0.05) is 30.3 Å². The first-order chi connectivity index (χ1) is 11.7. The van der Waals surface area contributed by atoms with Crippen molar-refractivity contribution in [2.75, 3.05) is 0 Å². The quantitative estimate of drug-likeness (QED) is 0.369. The first-order valence-corrected chi connectivity index (χ1v) is 8.88. The monoisotopic (exact) mass is 462 g/mol. The normalized spacial score (nSPS) is 12.0. The van der Waals surface area contributed by atoms with Crippen molar-refractivity contribution in [1.29, 1.82) is 0 Å². The lowest BCUT2D eigenvalue weighted by atomic mass is 10.1. The molecule has 1 aromatic rings. The SMILES string of the molecule is CC(C)(C)OC(=O)N[C@@H](CCC(=O)NI)C(=O)OCc1ccccc1. The molecule has 7 nitrogen and oxygen atoms in total. The molecule has 1 rings (SSSR count). The summed E-state index contributed by atoms with van der Waals surface area (Å²) in [6, 6.07) is 8.22. The van der Waals surface area contributed by atoms with Gasteiger partial charge < -0.3 is 14.8 Å². The zero-order chi connectivity index (χ0) is 18.9. The second-order valence-corrected chi connectivity index (χ2v) is 6.89. The van der Waals surface area contributed by atoms with Gasteiger partial charge in [0.05, 0.1) is 22.9 Å². The maximum atomic E-state index is 12.3. The van der Waals surface area contributed by atoms with Crippen LogP contribution in [-0.2, 0) is 25.7 Å². The molecule has 0 bridgehead atoms. The zero-order valence-corrected chi connectivity index (χ0v) is 16.7. The molecule has 25 heavy (non-hydrogen) atoms. The first kappa shape index (κ1) is 21.2. The number of carbonyl (C=O) groups is 3. The third-order valence-corrected chi connectivity index (χ3v) is 3.57. The number of amides is 2. The van der Waals surface area contributed by atoms with Crippen LogP contribution in [0.2, 0.25) is 0 Å². The number of rotatable bonds is 7. The summed E-state index contributed by atoms with van der Waals surface area (Å²) in [7, 11) is 0. The van der Waals surface area contributed by atoms with Crippen molar-refractivity contribution in [3.63, 3.8) is 0 Å². The molecule has 0 unspecified atom stereocenters. The Morgan fingerprint density at radius 3 is 2.36 bits per heavy atom. The molecule has 138 valence electrons. The number of hydrogen-bond donors (Lipinski definition) is 2. The van der Waals surface area contributed by atoms with Gasteiger partial charge in [0.1, 0.15) is 18.2 Å². The molecule has 1 atom stereocenters. The van der Waals surface area contributed by atoms with Crippen LogP contribution in [0.1, 0.15) is 39.2 Å². The minimum atomic E-state index is -0.965. The summed E-state index contributed by atoms with van der Waals surface area (Å²) in [6.45, 7) is 5.25. The van der Waals surface area contributed by atoms with Crippen molar-refractivity contribution in [1.82, 2.24) is 8.85 Å². The Labute approximate surface area is 161 Å². The predicted octanol–water partition coefficient (Wildman–Crippen LogP) is 2.87. The number of benzene rings is 1. The summed E-state index contributed by atoms with van der Waals surface area (Å²) in [6.07, 6.45) is -0.546. The Kier molecular flexibility index (Phi) is 8.67. The van der Waals surface area contributed by atoms with E-state index in [1.165, 1.54) is 0 Å². The molecular weight excluding hydrogens is 439 g/mol. The van der Waals surface area contributed by atoms with E-state index in [9.17, 15) is 14.4 Å². The van der Waals surface area contributed by atoms with Crippen LogP contribution in [0, 0.1) is 0 Å². The number of halogens is 1. The molecule has 0 radical (unpaired) electrons. The van der Waals surface area contributed by atoms with E-state index in [4.69, 9.17) is 9.47 Å².